The van der Waals surface area contributed by atoms with Crippen LogP contribution in [-0.2, 0) is 4.79 Å². The van der Waals surface area contributed by atoms with E-state index in [4.69, 9.17) is 10.8 Å². The highest BCUT2D eigenvalue weighted by Gasteiger charge is 2.59. The fourth-order valence-electron chi connectivity index (χ4n) is 1.55. The van der Waals surface area contributed by atoms with E-state index in [1.807, 2.05) is 0 Å². The first-order chi connectivity index (χ1) is 5.46. The van der Waals surface area contributed by atoms with Crippen molar-refractivity contribution in [2.75, 3.05) is 13.2 Å². The molecule has 3 nitrogen and oxygen atoms in total. The van der Waals surface area contributed by atoms with Crippen LogP contribution in [0.25, 0.3) is 0 Å². The molecule has 0 aromatic rings. The monoisotopic (exact) mass is 179 g/mol. The number of hydrogen-bond acceptors (Lipinski definition) is 3. The number of hydrogen-bond donors (Lipinski definition) is 2. The van der Waals surface area contributed by atoms with Gasteiger partial charge < -0.3 is 10.8 Å². The molecule has 0 aliphatic heterocycles. The maximum atomic E-state index is 12.4. The lowest BCUT2D eigenvalue weighted by molar-refractivity contribution is -0.185. The molecule has 1 fully saturated rings. The summed E-state index contributed by atoms with van der Waals surface area (Å²) < 4.78 is 24.8. The number of Topliss-reactive ketones (excluding diaryl/α,β-unsaturated/α-hetero) is 1. The molecule has 0 unspecified atom stereocenters. The van der Waals surface area contributed by atoms with E-state index in [0.717, 1.165) is 0 Å². The minimum atomic E-state index is -2.80. The molecule has 3 N–H and O–H groups in total. The average molecular weight is 179 g/mol. The van der Waals surface area contributed by atoms with Crippen molar-refractivity contribution in [3.8, 4) is 0 Å². The van der Waals surface area contributed by atoms with Crippen molar-refractivity contribution < 1.29 is 18.7 Å². The van der Waals surface area contributed by atoms with Crippen LogP contribution in [0.15, 0.2) is 0 Å². The molecule has 1 saturated carbocycles. The van der Waals surface area contributed by atoms with Gasteiger partial charge in [0.15, 0.2) is 5.78 Å². The van der Waals surface area contributed by atoms with Crippen molar-refractivity contribution in [3.63, 3.8) is 0 Å². The van der Waals surface area contributed by atoms with Gasteiger partial charge in [0.1, 0.15) is 0 Å². The molecule has 0 spiro atoms. The molecule has 0 saturated heterocycles. The van der Waals surface area contributed by atoms with Gasteiger partial charge in [-0.1, -0.05) is 0 Å². The topological polar surface area (TPSA) is 63.3 Å². The van der Waals surface area contributed by atoms with Crippen LogP contribution in [0.5, 0.6) is 0 Å². The number of rotatable bonds is 3. The first-order valence-electron chi connectivity index (χ1n) is 3.68. The summed E-state index contributed by atoms with van der Waals surface area (Å²) in [5.41, 5.74) is 3.77. The first kappa shape index (κ1) is 9.54. The second-order valence-corrected chi connectivity index (χ2v) is 3.28. The molecule has 0 amide bonds. The third kappa shape index (κ3) is 1.34. The Hall–Kier alpha value is -0.550. The summed E-state index contributed by atoms with van der Waals surface area (Å²) >= 11 is 0. The Balaban J connectivity index is 2.65. The zero-order valence-corrected chi connectivity index (χ0v) is 6.52. The normalized spacial score (nSPS) is 24.7. The van der Waals surface area contributed by atoms with Crippen LogP contribution in [0.3, 0.4) is 0 Å². The van der Waals surface area contributed by atoms with Gasteiger partial charge in [0.25, 0.3) is 0 Å². The summed E-state index contributed by atoms with van der Waals surface area (Å²) in [5, 5.41) is 8.76. The molecule has 0 bridgehead atoms. The van der Waals surface area contributed by atoms with Crippen LogP contribution in [-0.4, -0.2) is 30.0 Å². The second-order valence-electron chi connectivity index (χ2n) is 3.28. The third-order valence-corrected chi connectivity index (χ3v) is 2.27. The van der Waals surface area contributed by atoms with E-state index in [9.17, 15) is 13.6 Å². The number of aliphatic hydroxyl groups is 1. The lowest BCUT2D eigenvalue weighted by Gasteiger charge is -2.44. The van der Waals surface area contributed by atoms with E-state index in [2.05, 4.69) is 0 Å². The Kier molecular flexibility index (Phi) is 2.18. The Morgan fingerprint density at radius 1 is 1.50 bits per heavy atom. The van der Waals surface area contributed by atoms with Crippen LogP contribution in [0.2, 0.25) is 0 Å². The summed E-state index contributed by atoms with van der Waals surface area (Å²) in [5.74, 6) is -3.27. The van der Waals surface area contributed by atoms with Crippen molar-refractivity contribution >= 4 is 5.78 Å². The quantitative estimate of drug-likeness (QED) is 0.637. The van der Waals surface area contributed by atoms with E-state index in [1.54, 1.807) is 0 Å². The SMILES string of the molecule is NCC(=O)C1(CO)CC(F)(F)C1. The Morgan fingerprint density at radius 2 is 2.00 bits per heavy atom. The predicted octanol–water partition coefficient (Wildman–Crippen LogP) is -0.0780. The first-order valence-corrected chi connectivity index (χ1v) is 3.68. The van der Waals surface area contributed by atoms with E-state index < -0.39 is 36.6 Å². The smallest absolute Gasteiger partial charge is 0.250 e. The Morgan fingerprint density at radius 3 is 2.25 bits per heavy atom. The Bertz CT molecular complexity index is 198. The second kappa shape index (κ2) is 2.74. The zero-order valence-electron chi connectivity index (χ0n) is 6.52. The molecule has 70 valence electrons. The van der Waals surface area contributed by atoms with Crippen molar-refractivity contribution in [2.24, 2.45) is 11.1 Å². The molecule has 5 heteroatoms. The van der Waals surface area contributed by atoms with Gasteiger partial charge >= 0.3 is 0 Å². The van der Waals surface area contributed by atoms with Crippen molar-refractivity contribution in [1.82, 2.24) is 0 Å². The van der Waals surface area contributed by atoms with Gasteiger partial charge in [0.2, 0.25) is 5.92 Å². The summed E-state index contributed by atoms with van der Waals surface area (Å²) in [6.07, 6.45) is -1.13. The highest BCUT2D eigenvalue weighted by atomic mass is 19.3. The number of nitrogens with two attached hydrogens (primary N) is 1. The number of ketones is 1. The van der Waals surface area contributed by atoms with Gasteiger partial charge in [0.05, 0.1) is 18.6 Å². The molecule has 0 aromatic carbocycles. The molecule has 0 radical (unpaired) electrons. The van der Waals surface area contributed by atoms with Gasteiger partial charge in [-0.15, -0.1) is 0 Å². The summed E-state index contributed by atoms with van der Waals surface area (Å²) in [7, 11) is 0. The van der Waals surface area contributed by atoms with Crippen LogP contribution < -0.4 is 5.73 Å². The summed E-state index contributed by atoms with van der Waals surface area (Å²) in [4.78, 5) is 11.0. The fourth-order valence-corrected chi connectivity index (χ4v) is 1.55. The van der Waals surface area contributed by atoms with Crippen LogP contribution >= 0.6 is 0 Å². The molecule has 12 heavy (non-hydrogen) atoms. The molecule has 0 aromatic heterocycles. The fraction of sp³-hybridized carbons (Fsp3) is 0.857. The lowest BCUT2D eigenvalue weighted by atomic mass is 9.64. The van der Waals surface area contributed by atoms with E-state index in [-0.39, 0.29) is 6.54 Å². The standard InChI is InChI=1S/C7H11F2NO2/c8-7(9)2-6(3-7,4-11)5(12)1-10/h11H,1-4,10H2. The number of halogens is 2. The van der Waals surface area contributed by atoms with Crippen LogP contribution in [0.1, 0.15) is 12.8 Å². The van der Waals surface area contributed by atoms with Gasteiger partial charge in [-0.05, 0) is 0 Å². The van der Waals surface area contributed by atoms with Gasteiger partial charge in [0, 0.05) is 12.8 Å². The number of carbonyl (C=O) groups excluding carboxylic acids is 1. The van der Waals surface area contributed by atoms with Gasteiger partial charge in [-0.3, -0.25) is 4.79 Å². The predicted molar refractivity (Wildman–Crippen MR) is 37.8 cm³/mol. The van der Waals surface area contributed by atoms with Gasteiger partial charge in [-0.25, -0.2) is 8.78 Å². The largest absolute Gasteiger partial charge is 0.395 e. The van der Waals surface area contributed by atoms with Crippen molar-refractivity contribution in [2.45, 2.75) is 18.8 Å². The molecular formula is C7H11F2NO2. The highest BCUT2D eigenvalue weighted by Crippen LogP contribution is 2.51. The molecule has 0 atom stereocenters. The number of aliphatic hydroxyl groups excluding tert-OH is 1. The van der Waals surface area contributed by atoms with Crippen LogP contribution in [0, 0.1) is 5.41 Å². The Labute approximate surface area is 68.5 Å². The summed E-state index contributed by atoms with van der Waals surface area (Å²) in [6.45, 7) is -0.810. The van der Waals surface area contributed by atoms with Gasteiger partial charge in [-0.2, -0.15) is 0 Å². The van der Waals surface area contributed by atoms with E-state index in [0.29, 0.717) is 0 Å². The minimum absolute atomic E-state index is 0.281. The summed E-state index contributed by atoms with van der Waals surface area (Å²) in [6, 6.07) is 0. The number of alkyl halides is 2. The molecule has 0 heterocycles. The maximum Gasteiger partial charge on any atom is 0.250 e. The van der Waals surface area contributed by atoms with E-state index >= 15 is 0 Å². The van der Waals surface area contributed by atoms with Crippen molar-refractivity contribution in [3.05, 3.63) is 0 Å². The zero-order chi connectivity index (χ0) is 9.41. The molecule has 1 aliphatic carbocycles. The molecular weight excluding hydrogens is 168 g/mol. The lowest BCUT2D eigenvalue weighted by Crippen LogP contribution is -2.55. The molecule has 1 aliphatic rings. The van der Waals surface area contributed by atoms with E-state index in [1.165, 1.54) is 0 Å². The maximum absolute atomic E-state index is 12.4. The van der Waals surface area contributed by atoms with Crippen LogP contribution in [0.4, 0.5) is 8.78 Å². The minimum Gasteiger partial charge on any atom is -0.395 e. The van der Waals surface area contributed by atoms with Crippen molar-refractivity contribution in [1.29, 1.82) is 0 Å². The third-order valence-electron chi connectivity index (χ3n) is 2.27. The average Bonchev–Trinajstić information content (AvgIpc) is 1.97. The number of carbonyl (C=O) groups is 1. The molecule has 1 rings (SSSR count). The highest BCUT2D eigenvalue weighted by molar-refractivity contribution is 5.87.